The van der Waals surface area contributed by atoms with Crippen LogP contribution in [0.5, 0.6) is 0 Å². The Morgan fingerprint density at radius 1 is 1.10 bits per heavy atom. The predicted octanol–water partition coefficient (Wildman–Crippen LogP) is 3.45. The van der Waals surface area contributed by atoms with Crippen molar-refractivity contribution in [2.75, 3.05) is 7.05 Å². The number of benzene rings is 2. The number of rotatable bonds is 3. The SMILES string of the molecule is CN1C(=N)N[C@](C)(c2ccc3cn(C)nc3c2)[C@@H](c2ccc(C3CC3)cc2)C1=O. The smallest absolute Gasteiger partial charge is 0.239 e. The summed E-state index contributed by atoms with van der Waals surface area (Å²) < 4.78 is 1.79. The van der Waals surface area contributed by atoms with Gasteiger partial charge in [0.1, 0.15) is 0 Å². The molecule has 1 aliphatic carbocycles. The summed E-state index contributed by atoms with van der Waals surface area (Å²) in [4.78, 5) is 14.8. The lowest BCUT2D eigenvalue weighted by Gasteiger charge is -2.46. The highest BCUT2D eigenvalue weighted by atomic mass is 16.2. The van der Waals surface area contributed by atoms with E-state index in [0.29, 0.717) is 5.92 Å². The minimum absolute atomic E-state index is 0.0726. The van der Waals surface area contributed by atoms with Crippen LogP contribution >= 0.6 is 0 Å². The van der Waals surface area contributed by atoms with Gasteiger partial charge in [0.05, 0.1) is 17.0 Å². The standard InChI is InChI=1S/C23H25N5O/c1-23(18-11-10-17-13-27(2)26-19(17)12-18)20(21(29)28(3)22(24)25-23)16-8-6-15(7-9-16)14-4-5-14/h6-14,20H,4-5H2,1-3H3,(H2,24,25)/t20-,23+/m0/s1. The second-order valence-corrected chi connectivity index (χ2v) is 8.52. The van der Waals surface area contributed by atoms with Crippen molar-refractivity contribution in [3.63, 3.8) is 0 Å². The molecule has 2 heterocycles. The number of guanidine groups is 1. The lowest BCUT2D eigenvalue weighted by molar-refractivity contribution is -0.131. The van der Waals surface area contributed by atoms with Gasteiger partial charge in [0.2, 0.25) is 5.91 Å². The van der Waals surface area contributed by atoms with Gasteiger partial charge in [-0.15, -0.1) is 0 Å². The van der Waals surface area contributed by atoms with Crippen LogP contribution in [-0.4, -0.2) is 33.6 Å². The maximum absolute atomic E-state index is 13.3. The van der Waals surface area contributed by atoms with Crippen LogP contribution in [0.4, 0.5) is 0 Å². The van der Waals surface area contributed by atoms with E-state index in [4.69, 9.17) is 5.41 Å². The summed E-state index contributed by atoms with van der Waals surface area (Å²) in [5, 5.41) is 17.2. The molecule has 1 amide bonds. The second kappa shape index (κ2) is 6.17. The highest BCUT2D eigenvalue weighted by molar-refractivity contribution is 6.02. The van der Waals surface area contributed by atoms with Gasteiger partial charge < -0.3 is 5.32 Å². The van der Waals surface area contributed by atoms with Crippen LogP contribution in [0, 0.1) is 5.41 Å². The molecule has 1 aromatic heterocycles. The van der Waals surface area contributed by atoms with E-state index in [9.17, 15) is 4.79 Å². The average molecular weight is 387 g/mol. The van der Waals surface area contributed by atoms with E-state index in [0.717, 1.165) is 22.0 Å². The number of fused-ring (bicyclic) bond motifs is 1. The number of nitrogens with zero attached hydrogens (tertiary/aromatic N) is 3. The van der Waals surface area contributed by atoms with Crippen LogP contribution in [0.2, 0.25) is 0 Å². The number of aromatic nitrogens is 2. The molecule has 0 spiro atoms. The Morgan fingerprint density at radius 2 is 1.79 bits per heavy atom. The maximum Gasteiger partial charge on any atom is 0.239 e. The summed E-state index contributed by atoms with van der Waals surface area (Å²) in [5.41, 5.74) is 3.41. The third-order valence-electron chi connectivity index (χ3n) is 6.41. The maximum atomic E-state index is 13.3. The third kappa shape index (κ3) is 2.82. The fourth-order valence-corrected chi connectivity index (χ4v) is 4.51. The molecule has 2 atom stereocenters. The Morgan fingerprint density at radius 3 is 2.48 bits per heavy atom. The molecule has 1 saturated carbocycles. The molecule has 2 fully saturated rings. The van der Waals surface area contributed by atoms with Gasteiger partial charge in [-0.2, -0.15) is 5.10 Å². The number of likely N-dealkylation sites (N-methyl/N-ethyl adjacent to an activating group) is 1. The van der Waals surface area contributed by atoms with E-state index in [1.807, 2.05) is 38.4 Å². The molecule has 0 unspecified atom stereocenters. The molecule has 0 bridgehead atoms. The second-order valence-electron chi connectivity index (χ2n) is 8.52. The quantitative estimate of drug-likeness (QED) is 0.723. The van der Waals surface area contributed by atoms with Crippen LogP contribution in [0.15, 0.2) is 48.7 Å². The number of hydrogen-bond donors (Lipinski definition) is 2. The summed E-state index contributed by atoms with van der Waals surface area (Å²) in [6, 6.07) is 14.6. The molecular weight excluding hydrogens is 362 g/mol. The van der Waals surface area contributed by atoms with E-state index in [1.54, 1.807) is 11.7 Å². The summed E-state index contributed by atoms with van der Waals surface area (Å²) in [6.45, 7) is 2.01. The molecule has 2 N–H and O–H groups in total. The van der Waals surface area contributed by atoms with Crippen LogP contribution < -0.4 is 5.32 Å². The molecule has 148 valence electrons. The van der Waals surface area contributed by atoms with E-state index in [1.165, 1.54) is 23.3 Å². The predicted molar refractivity (Wildman–Crippen MR) is 113 cm³/mol. The first-order valence-electron chi connectivity index (χ1n) is 10.0. The fraction of sp³-hybridized carbons (Fsp3) is 0.348. The first kappa shape index (κ1) is 17.9. The number of aryl methyl sites for hydroxylation is 1. The van der Waals surface area contributed by atoms with Gasteiger partial charge in [0.15, 0.2) is 5.96 Å². The molecule has 1 saturated heterocycles. The fourth-order valence-electron chi connectivity index (χ4n) is 4.51. The third-order valence-corrected chi connectivity index (χ3v) is 6.41. The minimum atomic E-state index is -0.743. The Hall–Kier alpha value is -3.15. The zero-order chi connectivity index (χ0) is 20.3. The monoisotopic (exact) mass is 387 g/mol. The normalized spacial score (nSPS) is 24.8. The molecule has 2 aromatic carbocycles. The Bertz CT molecular complexity index is 1130. The number of nitrogens with one attached hydrogen (secondary N) is 2. The van der Waals surface area contributed by atoms with Crippen molar-refractivity contribution in [2.45, 2.75) is 37.1 Å². The average Bonchev–Trinajstić information content (AvgIpc) is 3.47. The van der Waals surface area contributed by atoms with Crippen molar-refractivity contribution in [3.8, 4) is 0 Å². The molecule has 0 radical (unpaired) electrons. The largest absolute Gasteiger partial charge is 0.346 e. The van der Waals surface area contributed by atoms with Crippen LogP contribution in [0.3, 0.4) is 0 Å². The number of carbonyl (C=O) groups is 1. The van der Waals surface area contributed by atoms with Gasteiger partial charge in [0, 0.05) is 25.7 Å². The van der Waals surface area contributed by atoms with Crippen molar-refractivity contribution in [1.82, 2.24) is 20.0 Å². The van der Waals surface area contributed by atoms with E-state index in [2.05, 4.69) is 34.7 Å². The van der Waals surface area contributed by atoms with Crippen molar-refractivity contribution >= 4 is 22.8 Å². The van der Waals surface area contributed by atoms with Crippen molar-refractivity contribution < 1.29 is 4.79 Å². The van der Waals surface area contributed by atoms with E-state index >= 15 is 0 Å². The molecule has 2 aliphatic rings. The van der Waals surface area contributed by atoms with Crippen molar-refractivity contribution in [3.05, 3.63) is 65.4 Å². The first-order valence-corrected chi connectivity index (χ1v) is 10.0. The van der Waals surface area contributed by atoms with Crippen molar-refractivity contribution in [1.29, 1.82) is 5.41 Å². The Labute approximate surface area is 170 Å². The number of carbonyl (C=O) groups excluding carboxylic acids is 1. The number of amides is 1. The van der Waals surface area contributed by atoms with Crippen LogP contribution in [-0.2, 0) is 17.4 Å². The highest BCUT2D eigenvalue weighted by Crippen LogP contribution is 2.43. The molecule has 1 aliphatic heterocycles. The minimum Gasteiger partial charge on any atom is -0.346 e. The summed E-state index contributed by atoms with van der Waals surface area (Å²) in [7, 11) is 3.56. The lowest BCUT2D eigenvalue weighted by atomic mass is 9.73. The molecule has 29 heavy (non-hydrogen) atoms. The van der Waals surface area contributed by atoms with Crippen LogP contribution in [0.25, 0.3) is 10.9 Å². The first-order chi connectivity index (χ1) is 13.9. The van der Waals surface area contributed by atoms with Crippen LogP contribution in [0.1, 0.15) is 48.3 Å². The van der Waals surface area contributed by atoms with Gasteiger partial charge in [-0.1, -0.05) is 36.4 Å². The highest BCUT2D eigenvalue weighted by Gasteiger charge is 2.48. The van der Waals surface area contributed by atoms with Gasteiger partial charge in [-0.25, -0.2) is 0 Å². The molecule has 3 aromatic rings. The molecule has 5 rings (SSSR count). The summed E-state index contributed by atoms with van der Waals surface area (Å²) in [6.07, 6.45) is 4.49. The molecule has 6 nitrogen and oxygen atoms in total. The Kier molecular flexibility index (Phi) is 3.81. The van der Waals surface area contributed by atoms with Gasteiger partial charge >= 0.3 is 0 Å². The van der Waals surface area contributed by atoms with Crippen molar-refractivity contribution in [2.24, 2.45) is 7.05 Å². The zero-order valence-electron chi connectivity index (χ0n) is 16.9. The van der Waals surface area contributed by atoms with E-state index < -0.39 is 11.5 Å². The zero-order valence-corrected chi connectivity index (χ0v) is 16.9. The lowest BCUT2D eigenvalue weighted by Crippen LogP contribution is -2.62. The van der Waals surface area contributed by atoms with Gasteiger partial charge in [-0.05, 0) is 48.4 Å². The Balaban J connectivity index is 1.62. The molecular formula is C23H25N5O. The van der Waals surface area contributed by atoms with Gasteiger partial charge in [0.25, 0.3) is 0 Å². The van der Waals surface area contributed by atoms with E-state index in [-0.39, 0.29) is 11.9 Å². The number of hydrogen-bond acceptors (Lipinski definition) is 3. The molecule has 6 heteroatoms. The van der Waals surface area contributed by atoms with Gasteiger partial charge in [-0.3, -0.25) is 19.8 Å². The summed E-state index contributed by atoms with van der Waals surface area (Å²) >= 11 is 0. The topological polar surface area (TPSA) is 74.0 Å². The summed E-state index contributed by atoms with van der Waals surface area (Å²) in [5.74, 6) is 0.287.